The third kappa shape index (κ3) is 6.29. The van der Waals surface area contributed by atoms with Crippen molar-refractivity contribution in [3.8, 4) is 0 Å². The average Bonchev–Trinajstić information content (AvgIpc) is 2.71. The lowest BCUT2D eigenvalue weighted by Crippen LogP contribution is -2.51. The highest BCUT2D eigenvalue weighted by atomic mass is 35.5. The Morgan fingerprint density at radius 3 is 2.34 bits per heavy atom. The number of carbonyl (C=O) groups is 2. The van der Waals surface area contributed by atoms with Crippen molar-refractivity contribution in [3.05, 3.63) is 70.5 Å². The Kier molecular flexibility index (Phi) is 8.65. The van der Waals surface area contributed by atoms with Crippen molar-refractivity contribution in [2.24, 2.45) is 0 Å². The van der Waals surface area contributed by atoms with Crippen molar-refractivity contribution in [1.82, 2.24) is 10.2 Å². The third-order valence-corrected chi connectivity index (χ3v) is 5.33. The van der Waals surface area contributed by atoms with Gasteiger partial charge < -0.3 is 10.2 Å². The largest absolute Gasteiger partial charge is 0.352 e. The Bertz CT molecular complexity index is 809. The minimum absolute atomic E-state index is 0.00578. The molecule has 1 N–H and O–H groups in total. The van der Waals surface area contributed by atoms with E-state index >= 15 is 0 Å². The van der Waals surface area contributed by atoms with Crippen molar-refractivity contribution in [2.45, 2.75) is 58.7 Å². The Hall–Kier alpha value is -2.40. The van der Waals surface area contributed by atoms with Crippen LogP contribution in [0.3, 0.4) is 0 Å². The lowest BCUT2D eigenvalue weighted by atomic mass is 10.1. The average molecular weight is 419 g/mol. The van der Waals surface area contributed by atoms with Crippen LogP contribution in [0.4, 0.5) is 4.39 Å². The van der Waals surface area contributed by atoms with Gasteiger partial charge >= 0.3 is 0 Å². The molecule has 2 aromatic carbocycles. The Morgan fingerprint density at radius 2 is 1.76 bits per heavy atom. The maximum Gasteiger partial charge on any atom is 0.243 e. The molecule has 0 unspecified atom stereocenters. The molecule has 4 nitrogen and oxygen atoms in total. The fourth-order valence-corrected chi connectivity index (χ4v) is 3.32. The second kappa shape index (κ2) is 11.0. The summed E-state index contributed by atoms with van der Waals surface area (Å²) in [6.45, 7) is 6.03. The summed E-state index contributed by atoms with van der Waals surface area (Å²) in [5.41, 5.74) is 1.05. The highest BCUT2D eigenvalue weighted by Crippen LogP contribution is 2.22. The van der Waals surface area contributed by atoms with E-state index in [9.17, 15) is 14.0 Å². The van der Waals surface area contributed by atoms with Crippen LogP contribution in [0.25, 0.3) is 0 Å². The quantitative estimate of drug-likeness (QED) is 0.639. The lowest BCUT2D eigenvalue weighted by molar-refractivity contribution is -0.141. The van der Waals surface area contributed by atoms with E-state index in [0.717, 1.165) is 12.0 Å². The number of amides is 2. The van der Waals surface area contributed by atoms with Gasteiger partial charge in [0.1, 0.15) is 11.9 Å². The number of rotatable bonds is 9. The molecule has 0 saturated heterocycles. The fraction of sp³-hybridized carbons (Fsp3) is 0.391. The van der Waals surface area contributed by atoms with Gasteiger partial charge in [-0.15, -0.1) is 0 Å². The summed E-state index contributed by atoms with van der Waals surface area (Å²) in [6, 6.07) is 13.1. The summed E-state index contributed by atoms with van der Waals surface area (Å²) in [7, 11) is 0. The minimum Gasteiger partial charge on any atom is -0.352 e. The molecule has 0 bridgehead atoms. The van der Waals surface area contributed by atoms with Crippen LogP contribution in [0, 0.1) is 5.82 Å². The first-order valence-electron chi connectivity index (χ1n) is 9.94. The van der Waals surface area contributed by atoms with Crippen LogP contribution < -0.4 is 5.32 Å². The van der Waals surface area contributed by atoms with E-state index in [0.29, 0.717) is 6.42 Å². The van der Waals surface area contributed by atoms with Crippen LogP contribution in [-0.2, 0) is 22.6 Å². The molecule has 6 heteroatoms. The lowest BCUT2D eigenvalue weighted by Gasteiger charge is -2.31. The molecular weight excluding hydrogens is 391 g/mol. The molecular formula is C23H28ClFN2O2. The zero-order chi connectivity index (χ0) is 21.4. The van der Waals surface area contributed by atoms with Crippen LogP contribution in [0.15, 0.2) is 48.5 Å². The van der Waals surface area contributed by atoms with Gasteiger partial charge in [-0.2, -0.15) is 0 Å². The van der Waals surface area contributed by atoms with Crippen molar-refractivity contribution >= 4 is 23.4 Å². The molecule has 2 amide bonds. The molecule has 0 fully saturated rings. The van der Waals surface area contributed by atoms with Gasteiger partial charge in [0.25, 0.3) is 0 Å². The summed E-state index contributed by atoms with van der Waals surface area (Å²) in [4.78, 5) is 27.6. The molecule has 0 heterocycles. The summed E-state index contributed by atoms with van der Waals surface area (Å²) < 4.78 is 14.2. The predicted molar refractivity (Wildman–Crippen MR) is 114 cm³/mol. The van der Waals surface area contributed by atoms with Crippen molar-refractivity contribution in [1.29, 1.82) is 0 Å². The smallest absolute Gasteiger partial charge is 0.243 e. The van der Waals surface area contributed by atoms with Gasteiger partial charge in [0.05, 0.1) is 6.42 Å². The van der Waals surface area contributed by atoms with Crippen molar-refractivity contribution < 1.29 is 14.0 Å². The molecule has 0 aliphatic carbocycles. The van der Waals surface area contributed by atoms with Gasteiger partial charge in [0, 0.05) is 23.2 Å². The van der Waals surface area contributed by atoms with E-state index in [1.165, 1.54) is 17.0 Å². The number of halogens is 2. The number of carbonyl (C=O) groups excluding carboxylic acids is 2. The summed E-state index contributed by atoms with van der Waals surface area (Å²) in [5.74, 6) is -1.07. The van der Waals surface area contributed by atoms with Crippen LogP contribution in [-0.4, -0.2) is 28.8 Å². The number of hydrogen-bond acceptors (Lipinski definition) is 2. The Labute approximate surface area is 177 Å². The van der Waals surface area contributed by atoms with Crippen LogP contribution >= 0.6 is 11.6 Å². The van der Waals surface area contributed by atoms with E-state index in [4.69, 9.17) is 11.6 Å². The molecule has 0 aliphatic heterocycles. The molecule has 29 heavy (non-hydrogen) atoms. The highest BCUT2D eigenvalue weighted by molar-refractivity contribution is 6.31. The number of hydrogen-bond donors (Lipinski definition) is 1. The molecule has 0 aromatic heterocycles. The van der Waals surface area contributed by atoms with Gasteiger partial charge in [-0.05, 0) is 37.5 Å². The van der Waals surface area contributed by atoms with Gasteiger partial charge in [-0.3, -0.25) is 9.59 Å². The molecule has 156 valence electrons. The second-order valence-electron chi connectivity index (χ2n) is 7.13. The topological polar surface area (TPSA) is 49.4 Å². The molecule has 0 radical (unpaired) electrons. The third-order valence-electron chi connectivity index (χ3n) is 4.97. The van der Waals surface area contributed by atoms with Crippen LogP contribution in [0.1, 0.15) is 44.7 Å². The van der Waals surface area contributed by atoms with Crippen LogP contribution in [0.2, 0.25) is 5.02 Å². The van der Waals surface area contributed by atoms with Crippen LogP contribution in [0.5, 0.6) is 0 Å². The first-order chi connectivity index (χ1) is 13.9. The molecule has 0 saturated carbocycles. The normalized spacial score (nSPS) is 12.9. The SMILES string of the molecule is CC[C@H](C(=O)N[C@@H](C)CC)N(Cc1ccccc1)C(=O)Cc1c(F)cccc1Cl. The number of benzene rings is 2. The van der Waals surface area contributed by atoms with E-state index in [1.807, 2.05) is 51.1 Å². The van der Waals surface area contributed by atoms with E-state index < -0.39 is 11.9 Å². The molecule has 2 aromatic rings. The standard InChI is InChI=1S/C23H28ClFN2O2/c1-4-16(3)26-23(29)21(5-2)27(15-17-10-7-6-8-11-17)22(28)14-18-19(24)12-9-13-20(18)25/h6-13,16,21H,4-5,14-15H2,1-3H3,(H,26,29)/t16-,21+/m0/s1. The molecule has 0 spiro atoms. The highest BCUT2D eigenvalue weighted by Gasteiger charge is 2.30. The zero-order valence-corrected chi connectivity index (χ0v) is 17.9. The number of nitrogens with one attached hydrogen (secondary N) is 1. The predicted octanol–water partition coefficient (Wildman–Crippen LogP) is 4.74. The summed E-state index contributed by atoms with van der Waals surface area (Å²) in [6.07, 6.45) is 1.04. The van der Waals surface area contributed by atoms with E-state index in [1.54, 1.807) is 6.07 Å². The molecule has 0 aliphatic rings. The molecule has 2 atom stereocenters. The van der Waals surface area contributed by atoms with E-state index in [-0.39, 0.29) is 41.4 Å². The van der Waals surface area contributed by atoms with E-state index in [2.05, 4.69) is 5.32 Å². The van der Waals surface area contributed by atoms with Crippen molar-refractivity contribution in [2.75, 3.05) is 0 Å². The Balaban J connectivity index is 2.32. The van der Waals surface area contributed by atoms with Gasteiger partial charge in [0.15, 0.2) is 0 Å². The maximum atomic E-state index is 14.2. The molecule has 2 rings (SSSR count). The first-order valence-corrected chi connectivity index (χ1v) is 10.3. The minimum atomic E-state index is -0.651. The summed E-state index contributed by atoms with van der Waals surface area (Å²) in [5, 5.41) is 3.16. The maximum absolute atomic E-state index is 14.2. The zero-order valence-electron chi connectivity index (χ0n) is 17.1. The fourth-order valence-electron chi connectivity index (χ4n) is 3.09. The van der Waals surface area contributed by atoms with Gasteiger partial charge in [-0.25, -0.2) is 4.39 Å². The Morgan fingerprint density at radius 1 is 1.07 bits per heavy atom. The monoisotopic (exact) mass is 418 g/mol. The van der Waals surface area contributed by atoms with Gasteiger partial charge in [0.2, 0.25) is 11.8 Å². The summed E-state index contributed by atoms with van der Waals surface area (Å²) >= 11 is 6.11. The van der Waals surface area contributed by atoms with Gasteiger partial charge in [-0.1, -0.05) is 61.8 Å². The number of nitrogens with zero attached hydrogens (tertiary/aromatic N) is 1. The van der Waals surface area contributed by atoms with Crippen molar-refractivity contribution in [3.63, 3.8) is 0 Å². The first kappa shape index (κ1) is 22.9. The second-order valence-corrected chi connectivity index (χ2v) is 7.53.